The molecule has 0 amide bonds. The molecule has 0 saturated heterocycles. The summed E-state index contributed by atoms with van der Waals surface area (Å²) in [6.07, 6.45) is 2.38. The molecule has 0 spiro atoms. The molecule has 1 aromatic heterocycles. The Balaban J connectivity index is 2.09. The van der Waals surface area contributed by atoms with Crippen LogP contribution in [0.5, 0.6) is 0 Å². The van der Waals surface area contributed by atoms with Crippen LogP contribution >= 0.6 is 11.6 Å². The van der Waals surface area contributed by atoms with E-state index >= 15 is 0 Å². The van der Waals surface area contributed by atoms with E-state index in [4.69, 9.17) is 22.1 Å². The number of rotatable bonds is 6. The Morgan fingerprint density at radius 1 is 1.25 bits per heavy atom. The van der Waals surface area contributed by atoms with Crippen LogP contribution in [0.25, 0.3) is 0 Å². The highest BCUT2D eigenvalue weighted by Crippen LogP contribution is 2.22. The highest BCUT2D eigenvalue weighted by molar-refractivity contribution is 6.30. The van der Waals surface area contributed by atoms with Crippen molar-refractivity contribution in [3.05, 3.63) is 64.9 Å². The summed E-state index contributed by atoms with van der Waals surface area (Å²) in [6, 6.07) is 13.3. The molecule has 20 heavy (non-hydrogen) atoms. The first-order chi connectivity index (χ1) is 9.70. The Hall–Kier alpha value is -1.42. The van der Waals surface area contributed by atoms with Gasteiger partial charge in [-0.05, 0) is 36.2 Å². The summed E-state index contributed by atoms with van der Waals surface area (Å²) in [5, 5.41) is 0.709. The van der Waals surface area contributed by atoms with E-state index in [1.54, 1.807) is 6.20 Å². The molecule has 2 N–H and O–H groups in total. The standard InChI is InChI=1S/C16H19ClN2O/c1-2-14(18)16(15-8-3-4-9-19-15)20-11-12-6-5-7-13(17)10-12/h3-10,14,16H,2,11,18H2,1H3. The van der Waals surface area contributed by atoms with Gasteiger partial charge in [0.05, 0.1) is 12.3 Å². The third-order valence-corrected chi connectivity index (χ3v) is 3.39. The zero-order chi connectivity index (χ0) is 14.4. The Morgan fingerprint density at radius 3 is 2.75 bits per heavy atom. The Bertz CT molecular complexity index is 533. The summed E-state index contributed by atoms with van der Waals surface area (Å²) >= 11 is 5.97. The maximum atomic E-state index is 6.15. The molecule has 0 aliphatic carbocycles. The fraction of sp³-hybridized carbons (Fsp3) is 0.312. The predicted molar refractivity (Wildman–Crippen MR) is 81.5 cm³/mol. The monoisotopic (exact) mass is 290 g/mol. The van der Waals surface area contributed by atoms with Crippen molar-refractivity contribution in [2.24, 2.45) is 5.73 Å². The molecule has 106 valence electrons. The second-order valence-electron chi connectivity index (χ2n) is 4.69. The van der Waals surface area contributed by atoms with Crippen molar-refractivity contribution >= 4 is 11.6 Å². The first kappa shape index (κ1) is 15.0. The average Bonchev–Trinajstić information content (AvgIpc) is 2.48. The topological polar surface area (TPSA) is 48.1 Å². The molecule has 3 nitrogen and oxygen atoms in total. The lowest BCUT2D eigenvalue weighted by atomic mass is 10.1. The van der Waals surface area contributed by atoms with Crippen LogP contribution < -0.4 is 5.73 Å². The number of hydrogen-bond donors (Lipinski definition) is 1. The van der Waals surface area contributed by atoms with Crippen LogP contribution in [0.15, 0.2) is 48.7 Å². The largest absolute Gasteiger partial charge is 0.366 e. The maximum Gasteiger partial charge on any atom is 0.115 e. The Labute approximate surface area is 124 Å². The molecule has 0 aliphatic rings. The molecule has 1 heterocycles. The highest BCUT2D eigenvalue weighted by atomic mass is 35.5. The molecule has 1 aromatic carbocycles. The number of pyridine rings is 1. The summed E-state index contributed by atoms with van der Waals surface area (Å²) in [6.45, 7) is 2.51. The van der Waals surface area contributed by atoms with Crippen molar-refractivity contribution in [2.45, 2.75) is 32.1 Å². The van der Waals surface area contributed by atoms with Crippen LogP contribution in [0.2, 0.25) is 5.02 Å². The van der Waals surface area contributed by atoms with Crippen molar-refractivity contribution in [2.75, 3.05) is 0 Å². The third-order valence-electron chi connectivity index (χ3n) is 3.16. The van der Waals surface area contributed by atoms with Gasteiger partial charge < -0.3 is 10.5 Å². The Kier molecular flexibility index (Phi) is 5.53. The van der Waals surface area contributed by atoms with Gasteiger partial charge in [-0.2, -0.15) is 0 Å². The molecular weight excluding hydrogens is 272 g/mol. The maximum absolute atomic E-state index is 6.15. The zero-order valence-corrected chi connectivity index (χ0v) is 12.3. The van der Waals surface area contributed by atoms with Crippen LogP contribution in [0.3, 0.4) is 0 Å². The molecule has 2 rings (SSSR count). The normalized spacial score (nSPS) is 13.9. The minimum atomic E-state index is -0.208. The first-order valence-electron chi connectivity index (χ1n) is 6.73. The second-order valence-corrected chi connectivity index (χ2v) is 5.12. The van der Waals surface area contributed by atoms with Crippen LogP contribution in [-0.4, -0.2) is 11.0 Å². The van der Waals surface area contributed by atoms with Gasteiger partial charge in [0.15, 0.2) is 0 Å². The van der Waals surface area contributed by atoms with Gasteiger partial charge in [0, 0.05) is 17.3 Å². The van der Waals surface area contributed by atoms with Gasteiger partial charge in [0.2, 0.25) is 0 Å². The lowest BCUT2D eigenvalue weighted by Gasteiger charge is -2.23. The lowest BCUT2D eigenvalue weighted by Crippen LogP contribution is -2.30. The Morgan fingerprint density at radius 2 is 2.10 bits per heavy atom. The fourth-order valence-electron chi connectivity index (χ4n) is 2.00. The summed E-state index contributed by atoms with van der Waals surface area (Å²) in [7, 11) is 0. The second kappa shape index (κ2) is 7.39. The van der Waals surface area contributed by atoms with Crippen LogP contribution in [-0.2, 0) is 11.3 Å². The van der Waals surface area contributed by atoms with Crippen molar-refractivity contribution in [3.8, 4) is 0 Å². The van der Waals surface area contributed by atoms with E-state index in [2.05, 4.69) is 4.98 Å². The van der Waals surface area contributed by atoms with E-state index in [9.17, 15) is 0 Å². The number of hydrogen-bond acceptors (Lipinski definition) is 3. The quantitative estimate of drug-likeness (QED) is 0.882. The first-order valence-corrected chi connectivity index (χ1v) is 7.11. The molecule has 0 fully saturated rings. The van der Waals surface area contributed by atoms with Crippen molar-refractivity contribution in [1.82, 2.24) is 4.98 Å². The van der Waals surface area contributed by atoms with E-state index in [0.717, 1.165) is 17.7 Å². The number of ether oxygens (including phenoxy) is 1. The van der Waals surface area contributed by atoms with Gasteiger partial charge in [-0.1, -0.05) is 36.7 Å². The summed E-state index contributed by atoms with van der Waals surface area (Å²) < 4.78 is 5.98. The van der Waals surface area contributed by atoms with Crippen molar-refractivity contribution in [3.63, 3.8) is 0 Å². The molecular formula is C16H19ClN2O. The number of nitrogens with zero attached hydrogens (tertiary/aromatic N) is 1. The number of nitrogens with two attached hydrogens (primary N) is 1. The summed E-state index contributed by atoms with van der Waals surface area (Å²) in [4.78, 5) is 4.35. The van der Waals surface area contributed by atoms with Gasteiger partial charge in [-0.25, -0.2) is 0 Å². The van der Waals surface area contributed by atoms with Crippen molar-refractivity contribution in [1.29, 1.82) is 0 Å². The van der Waals surface area contributed by atoms with Gasteiger partial charge in [-0.15, -0.1) is 0 Å². The SMILES string of the molecule is CCC(N)C(OCc1cccc(Cl)c1)c1ccccn1. The van der Waals surface area contributed by atoms with E-state index in [1.165, 1.54) is 0 Å². The van der Waals surface area contributed by atoms with E-state index in [-0.39, 0.29) is 12.1 Å². The number of aromatic nitrogens is 1. The summed E-state index contributed by atoms with van der Waals surface area (Å²) in [5.74, 6) is 0. The minimum absolute atomic E-state index is 0.0796. The number of halogens is 1. The van der Waals surface area contributed by atoms with E-state index < -0.39 is 0 Å². The van der Waals surface area contributed by atoms with Crippen LogP contribution in [0.1, 0.15) is 30.7 Å². The van der Waals surface area contributed by atoms with Gasteiger partial charge in [-0.3, -0.25) is 4.98 Å². The summed E-state index contributed by atoms with van der Waals surface area (Å²) in [5.41, 5.74) is 8.05. The number of benzene rings is 1. The molecule has 0 saturated carbocycles. The van der Waals surface area contributed by atoms with Gasteiger partial charge in [0.1, 0.15) is 6.10 Å². The van der Waals surface area contributed by atoms with Gasteiger partial charge >= 0.3 is 0 Å². The molecule has 0 aliphatic heterocycles. The predicted octanol–water partition coefficient (Wildman–Crippen LogP) is 3.73. The molecule has 2 unspecified atom stereocenters. The highest BCUT2D eigenvalue weighted by Gasteiger charge is 2.20. The van der Waals surface area contributed by atoms with Gasteiger partial charge in [0.25, 0.3) is 0 Å². The van der Waals surface area contributed by atoms with Crippen molar-refractivity contribution < 1.29 is 4.74 Å². The fourth-order valence-corrected chi connectivity index (χ4v) is 2.21. The molecule has 4 heteroatoms. The molecule has 0 bridgehead atoms. The molecule has 2 atom stereocenters. The lowest BCUT2D eigenvalue weighted by molar-refractivity contribution is 0.0185. The van der Waals surface area contributed by atoms with Crippen LogP contribution in [0.4, 0.5) is 0 Å². The van der Waals surface area contributed by atoms with E-state index in [0.29, 0.717) is 11.6 Å². The molecule has 0 radical (unpaired) electrons. The zero-order valence-electron chi connectivity index (χ0n) is 11.5. The van der Waals surface area contributed by atoms with E-state index in [1.807, 2.05) is 49.4 Å². The molecule has 2 aromatic rings. The average molecular weight is 291 g/mol. The third kappa shape index (κ3) is 4.04. The smallest absolute Gasteiger partial charge is 0.115 e. The minimum Gasteiger partial charge on any atom is -0.366 e. The van der Waals surface area contributed by atoms with Crippen LogP contribution in [0, 0.1) is 0 Å².